The summed E-state index contributed by atoms with van der Waals surface area (Å²) in [7, 11) is 0. The van der Waals surface area contributed by atoms with Crippen molar-refractivity contribution >= 4 is 22.1 Å². The van der Waals surface area contributed by atoms with Crippen LogP contribution in [0.15, 0.2) is 42.5 Å². The number of rotatable bonds is 1. The molecule has 4 aromatic rings. The van der Waals surface area contributed by atoms with Crippen LogP contribution in [0.3, 0.4) is 0 Å². The van der Waals surface area contributed by atoms with E-state index in [0.717, 1.165) is 33.5 Å². The monoisotopic (exact) mass is 235 g/mol. The first kappa shape index (κ1) is 9.35. The van der Waals surface area contributed by atoms with E-state index >= 15 is 0 Å². The Kier molecular flexibility index (Phi) is 1.77. The predicted molar refractivity (Wildman–Crippen MR) is 69.0 cm³/mol. The molecule has 0 aliphatic carbocycles. The lowest BCUT2D eigenvalue weighted by Gasteiger charge is -1.96. The summed E-state index contributed by atoms with van der Waals surface area (Å²) in [5.74, 6) is 0.815. The molecule has 0 bridgehead atoms. The number of nitrogens with one attached hydrogen (secondary N) is 2. The van der Waals surface area contributed by atoms with Crippen molar-refractivity contribution in [2.45, 2.75) is 0 Å². The van der Waals surface area contributed by atoms with E-state index in [2.05, 4.69) is 25.4 Å². The van der Waals surface area contributed by atoms with E-state index in [1.54, 1.807) is 0 Å². The molecule has 2 N–H and O–H groups in total. The van der Waals surface area contributed by atoms with Crippen LogP contribution in [0.5, 0.6) is 0 Å². The molecule has 0 saturated carbocycles. The topological polar surface area (TPSA) is 70.2 Å². The van der Waals surface area contributed by atoms with Crippen molar-refractivity contribution in [1.82, 2.24) is 25.4 Å². The third kappa shape index (κ3) is 1.24. The largest absolute Gasteiger partial charge is 0.338 e. The number of benzene rings is 2. The Hall–Kier alpha value is -2.69. The first-order chi connectivity index (χ1) is 8.92. The van der Waals surface area contributed by atoms with Gasteiger partial charge < -0.3 is 4.98 Å². The second kappa shape index (κ2) is 3.40. The number of hydrogen-bond donors (Lipinski definition) is 2. The zero-order valence-corrected chi connectivity index (χ0v) is 9.38. The molecule has 86 valence electrons. The molecular formula is C13H9N5. The molecule has 18 heavy (non-hydrogen) atoms. The number of aromatic nitrogens is 5. The van der Waals surface area contributed by atoms with Gasteiger partial charge in [-0.1, -0.05) is 23.4 Å². The van der Waals surface area contributed by atoms with Crippen LogP contribution in [0.4, 0.5) is 0 Å². The van der Waals surface area contributed by atoms with E-state index in [9.17, 15) is 0 Å². The summed E-state index contributed by atoms with van der Waals surface area (Å²) in [6.07, 6.45) is 0. The van der Waals surface area contributed by atoms with E-state index in [1.807, 2.05) is 42.5 Å². The van der Waals surface area contributed by atoms with Crippen molar-refractivity contribution in [2.75, 3.05) is 0 Å². The highest BCUT2D eigenvalue weighted by Crippen LogP contribution is 2.25. The Morgan fingerprint density at radius 2 is 1.78 bits per heavy atom. The number of hydrogen-bond acceptors (Lipinski definition) is 3. The van der Waals surface area contributed by atoms with E-state index in [4.69, 9.17) is 0 Å². The molecule has 2 aromatic heterocycles. The molecule has 5 heteroatoms. The average Bonchev–Trinajstić information content (AvgIpc) is 3.04. The number of H-pyrrole nitrogens is 2. The minimum atomic E-state index is 0.815. The molecule has 2 aromatic carbocycles. The van der Waals surface area contributed by atoms with Gasteiger partial charge in [-0.05, 0) is 24.3 Å². The molecule has 0 amide bonds. The van der Waals surface area contributed by atoms with Crippen molar-refractivity contribution in [2.24, 2.45) is 0 Å². The molecule has 0 aliphatic rings. The van der Waals surface area contributed by atoms with Gasteiger partial charge in [-0.15, -0.1) is 5.10 Å². The molecule has 0 saturated heterocycles. The van der Waals surface area contributed by atoms with E-state index < -0.39 is 0 Å². The minimum Gasteiger partial charge on any atom is -0.338 e. The van der Waals surface area contributed by atoms with Crippen LogP contribution in [-0.4, -0.2) is 25.4 Å². The molecule has 2 heterocycles. The summed E-state index contributed by atoms with van der Waals surface area (Å²) in [5, 5.41) is 10.8. The fourth-order valence-electron chi connectivity index (χ4n) is 2.14. The van der Waals surface area contributed by atoms with Gasteiger partial charge in [0.15, 0.2) is 0 Å². The smallest absolute Gasteiger partial charge is 0.140 e. The fourth-order valence-corrected chi connectivity index (χ4v) is 2.14. The summed E-state index contributed by atoms with van der Waals surface area (Å²) in [6, 6.07) is 13.9. The molecule has 0 spiro atoms. The van der Waals surface area contributed by atoms with Crippen LogP contribution in [0.25, 0.3) is 33.5 Å². The number of aromatic amines is 2. The van der Waals surface area contributed by atoms with E-state index in [-0.39, 0.29) is 0 Å². The Labute approximate surface area is 102 Å². The molecule has 0 unspecified atom stereocenters. The fraction of sp³-hybridized carbons (Fsp3) is 0. The minimum absolute atomic E-state index is 0.815. The summed E-state index contributed by atoms with van der Waals surface area (Å²) >= 11 is 0. The highest BCUT2D eigenvalue weighted by molar-refractivity contribution is 5.91. The van der Waals surface area contributed by atoms with E-state index in [0.29, 0.717) is 0 Å². The molecule has 0 aliphatic heterocycles. The van der Waals surface area contributed by atoms with Gasteiger partial charge in [-0.3, -0.25) is 5.10 Å². The summed E-state index contributed by atoms with van der Waals surface area (Å²) in [4.78, 5) is 7.88. The van der Waals surface area contributed by atoms with Crippen molar-refractivity contribution in [3.63, 3.8) is 0 Å². The average molecular weight is 235 g/mol. The molecular weight excluding hydrogens is 226 g/mol. The maximum Gasteiger partial charge on any atom is 0.140 e. The van der Waals surface area contributed by atoms with Crippen LogP contribution in [0.2, 0.25) is 0 Å². The Bertz CT molecular complexity index is 809. The number of fused-ring (bicyclic) bond motifs is 2. The Balaban J connectivity index is 2.04. The molecule has 4 rings (SSSR count). The lowest BCUT2D eigenvalue weighted by Crippen LogP contribution is -1.82. The molecule has 0 radical (unpaired) electrons. The number of imidazole rings is 1. The standard InChI is InChI=1S/C13H9N5/c1-2-6-10-9(5-1)14-13(15-10)8-4-3-7-11-12(8)17-18-16-11/h1-7H,(H,14,15)(H,16,17,18). The zero-order valence-electron chi connectivity index (χ0n) is 9.38. The third-order valence-corrected chi connectivity index (χ3v) is 3.00. The van der Waals surface area contributed by atoms with Crippen molar-refractivity contribution < 1.29 is 0 Å². The quantitative estimate of drug-likeness (QED) is 0.532. The van der Waals surface area contributed by atoms with Crippen LogP contribution in [0, 0.1) is 0 Å². The Morgan fingerprint density at radius 1 is 0.889 bits per heavy atom. The summed E-state index contributed by atoms with van der Waals surface area (Å²) < 4.78 is 0. The highest BCUT2D eigenvalue weighted by atomic mass is 15.3. The van der Waals surface area contributed by atoms with Crippen LogP contribution in [-0.2, 0) is 0 Å². The summed E-state index contributed by atoms with van der Waals surface area (Å²) in [5.41, 5.74) is 4.67. The van der Waals surface area contributed by atoms with Crippen molar-refractivity contribution in [1.29, 1.82) is 0 Å². The van der Waals surface area contributed by atoms with Crippen LogP contribution >= 0.6 is 0 Å². The third-order valence-electron chi connectivity index (χ3n) is 3.00. The lowest BCUT2D eigenvalue weighted by atomic mass is 10.2. The van der Waals surface area contributed by atoms with Crippen LogP contribution < -0.4 is 0 Å². The second-order valence-electron chi connectivity index (χ2n) is 4.12. The maximum absolute atomic E-state index is 4.58. The van der Waals surface area contributed by atoms with E-state index in [1.165, 1.54) is 0 Å². The van der Waals surface area contributed by atoms with Gasteiger partial charge in [-0.25, -0.2) is 4.98 Å². The summed E-state index contributed by atoms with van der Waals surface area (Å²) in [6.45, 7) is 0. The van der Waals surface area contributed by atoms with Crippen molar-refractivity contribution in [3.05, 3.63) is 42.5 Å². The van der Waals surface area contributed by atoms with Gasteiger partial charge in [0.2, 0.25) is 0 Å². The van der Waals surface area contributed by atoms with Gasteiger partial charge in [-0.2, -0.15) is 0 Å². The van der Waals surface area contributed by atoms with Gasteiger partial charge in [0, 0.05) is 5.56 Å². The van der Waals surface area contributed by atoms with Gasteiger partial charge in [0.05, 0.1) is 16.6 Å². The van der Waals surface area contributed by atoms with Crippen molar-refractivity contribution in [3.8, 4) is 11.4 Å². The molecule has 0 atom stereocenters. The first-order valence-electron chi connectivity index (χ1n) is 5.67. The highest BCUT2D eigenvalue weighted by Gasteiger charge is 2.10. The lowest BCUT2D eigenvalue weighted by molar-refractivity contribution is 0.959. The molecule has 5 nitrogen and oxygen atoms in total. The normalized spacial score (nSPS) is 11.3. The van der Waals surface area contributed by atoms with Crippen LogP contribution in [0.1, 0.15) is 0 Å². The SMILES string of the molecule is c1ccc2[nH]c(-c3cccc4[nH]nnc34)nc2c1. The first-order valence-corrected chi connectivity index (χ1v) is 5.67. The zero-order chi connectivity index (χ0) is 11.9. The number of nitrogens with zero attached hydrogens (tertiary/aromatic N) is 3. The maximum atomic E-state index is 4.58. The van der Waals surface area contributed by atoms with Gasteiger partial charge in [0.1, 0.15) is 11.3 Å². The second-order valence-corrected chi connectivity index (χ2v) is 4.12. The Morgan fingerprint density at radius 3 is 2.72 bits per heavy atom. The molecule has 0 fully saturated rings. The van der Waals surface area contributed by atoms with Gasteiger partial charge in [0.25, 0.3) is 0 Å². The predicted octanol–water partition coefficient (Wildman–Crippen LogP) is 2.50. The number of para-hydroxylation sites is 2. The van der Waals surface area contributed by atoms with Gasteiger partial charge >= 0.3 is 0 Å².